The molecule has 31 heavy (non-hydrogen) atoms. The fourth-order valence-electron chi connectivity index (χ4n) is 3.38. The lowest BCUT2D eigenvalue weighted by molar-refractivity contribution is -0.133. The Labute approximate surface area is 179 Å². The van der Waals surface area contributed by atoms with E-state index < -0.39 is 0 Å². The molecule has 3 heterocycles. The maximum atomic E-state index is 12.9. The van der Waals surface area contributed by atoms with Gasteiger partial charge in [0.25, 0.3) is 5.91 Å². The van der Waals surface area contributed by atoms with Crippen LogP contribution in [0.5, 0.6) is 11.5 Å². The first-order chi connectivity index (χ1) is 15.1. The summed E-state index contributed by atoms with van der Waals surface area (Å²) in [6.45, 7) is 1.58. The predicted molar refractivity (Wildman–Crippen MR) is 113 cm³/mol. The van der Waals surface area contributed by atoms with E-state index in [4.69, 9.17) is 9.47 Å². The second-order valence-electron chi connectivity index (χ2n) is 7.06. The Bertz CT molecular complexity index is 1070. The maximum absolute atomic E-state index is 12.9. The number of ether oxygens (including phenoxy) is 2. The molecule has 1 N–H and O–H groups in total. The SMILES string of the molecule is COc1cccc2c1OCCCN(C(=O)Cn1cc(NC(=O)c3ccccn3)cn1)C2. The van der Waals surface area contributed by atoms with Crippen molar-refractivity contribution in [1.82, 2.24) is 19.7 Å². The Kier molecular flexibility index (Phi) is 6.11. The Morgan fingerprint density at radius 2 is 2.13 bits per heavy atom. The van der Waals surface area contributed by atoms with Crippen molar-refractivity contribution in [1.29, 1.82) is 0 Å². The molecule has 3 aromatic rings. The van der Waals surface area contributed by atoms with E-state index in [9.17, 15) is 9.59 Å². The molecule has 0 atom stereocenters. The summed E-state index contributed by atoms with van der Waals surface area (Å²) in [6.07, 6.45) is 5.41. The van der Waals surface area contributed by atoms with Gasteiger partial charge in [-0.3, -0.25) is 19.3 Å². The van der Waals surface area contributed by atoms with Gasteiger partial charge in [-0.25, -0.2) is 0 Å². The van der Waals surface area contributed by atoms with E-state index in [2.05, 4.69) is 15.4 Å². The summed E-state index contributed by atoms with van der Waals surface area (Å²) >= 11 is 0. The highest BCUT2D eigenvalue weighted by molar-refractivity contribution is 6.02. The summed E-state index contributed by atoms with van der Waals surface area (Å²) in [5.41, 5.74) is 1.71. The zero-order valence-corrected chi connectivity index (χ0v) is 17.2. The van der Waals surface area contributed by atoms with E-state index >= 15 is 0 Å². The van der Waals surface area contributed by atoms with Gasteiger partial charge in [-0.15, -0.1) is 0 Å². The minimum atomic E-state index is -0.333. The molecule has 0 fully saturated rings. The molecule has 0 unspecified atom stereocenters. The summed E-state index contributed by atoms with van der Waals surface area (Å²) in [7, 11) is 1.60. The van der Waals surface area contributed by atoms with Gasteiger partial charge in [-0.1, -0.05) is 18.2 Å². The molecule has 1 aromatic carbocycles. The highest BCUT2D eigenvalue weighted by Gasteiger charge is 2.21. The lowest BCUT2D eigenvalue weighted by Crippen LogP contribution is -2.36. The van der Waals surface area contributed by atoms with Gasteiger partial charge >= 0.3 is 0 Å². The first-order valence-corrected chi connectivity index (χ1v) is 9.95. The number of amides is 2. The van der Waals surface area contributed by atoms with Crippen molar-refractivity contribution < 1.29 is 19.1 Å². The van der Waals surface area contributed by atoms with Crippen LogP contribution in [-0.4, -0.2) is 51.7 Å². The van der Waals surface area contributed by atoms with Crippen LogP contribution in [0.1, 0.15) is 22.5 Å². The van der Waals surface area contributed by atoms with Crippen LogP contribution in [0.2, 0.25) is 0 Å². The number of rotatable bonds is 5. The number of hydrogen-bond acceptors (Lipinski definition) is 6. The van der Waals surface area contributed by atoms with E-state index in [1.807, 2.05) is 18.2 Å². The van der Waals surface area contributed by atoms with Gasteiger partial charge in [0.05, 0.1) is 25.6 Å². The zero-order valence-electron chi connectivity index (χ0n) is 17.2. The van der Waals surface area contributed by atoms with Crippen LogP contribution in [0.15, 0.2) is 55.0 Å². The van der Waals surface area contributed by atoms with Crippen molar-refractivity contribution in [2.24, 2.45) is 0 Å². The fourth-order valence-corrected chi connectivity index (χ4v) is 3.38. The van der Waals surface area contributed by atoms with E-state index in [1.54, 1.807) is 42.6 Å². The van der Waals surface area contributed by atoms with Crippen molar-refractivity contribution in [3.05, 3.63) is 66.2 Å². The highest BCUT2D eigenvalue weighted by atomic mass is 16.5. The van der Waals surface area contributed by atoms with Crippen molar-refractivity contribution in [3.63, 3.8) is 0 Å². The van der Waals surface area contributed by atoms with Crippen LogP contribution in [0.25, 0.3) is 0 Å². The van der Waals surface area contributed by atoms with Gasteiger partial charge in [-0.2, -0.15) is 5.10 Å². The van der Waals surface area contributed by atoms with Crippen LogP contribution < -0.4 is 14.8 Å². The topological polar surface area (TPSA) is 98.6 Å². The minimum Gasteiger partial charge on any atom is -0.493 e. The third kappa shape index (κ3) is 4.82. The molecule has 4 rings (SSSR count). The monoisotopic (exact) mass is 421 g/mol. The van der Waals surface area contributed by atoms with E-state index in [0.29, 0.717) is 49.0 Å². The van der Waals surface area contributed by atoms with Crippen molar-refractivity contribution in [2.45, 2.75) is 19.5 Å². The molecular formula is C22H23N5O4. The molecule has 1 aliphatic heterocycles. The summed E-state index contributed by atoms with van der Waals surface area (Å²) < 4.78 is 12.7. The third-order valence-electron chi connectivity index (χ3n) is 4.90. The van der Waals surface area contributed by atoms with Crippen LogP contribution in [0, 0.1) is 0 Å². The number of para-hydroxylation sites is 1. The lowest BCUT2D eigenvalue weighted by Gasteiger charge is -2.27. The summed E-state index contributed by atoms with van der Waals surface area (Å²) in [4.78, 5) is 31.0. The summed E-state index contributed by atoms with van der Waals surface area (Å²) in [5.74, 6) is 0.940. The first kappa shape index (κ1) is 20.4. The van der Waals surface area contributed by atoms with Crippen molar-refractivity contribution >= 4 is 17.5 Å². The Morgan fingerprint density at radius 3 is 2.94 bits per heavy atom. The number of aromatic nitrogens is 3. The number of hydrogen-bond donors (Lipinski definition) is 1. The molecule has 9 heteroatoms. The number of pyridine rings is 1. The second kappa shape index (κ2) is 9.29. The van der Waals surface area contributed by atoms with Gasteiger partial charge in [0, 0.05) is 31.0 Å². The molecule has 0 radical (unpaired) electrons. The Morgan fingerprint density at radius 1 is 1.23 bits per heavy atom. The second-order valence-corrected chi connectivity index (χ2v) is 7.06. The normalized spacial score (nSPS) is 13.4. The van der Waals surface area contributed by atoms with E-state index in [-0.39, 0.29) is 18.4 Å². The third-order valence-corrected chi connectivity index (χ3v) is 4.90. The van der Waals surface area contributed by atoms with Crippen LogP contribution >= 0.6 is 0 Å². The Balaban J connectivity index is 1.42. The quantitative estimate of drug-likeness (QED) is 0.679. The van der Waals surface area contributed by atoms with Gasteiger partial charge in [0.15, 0.2) is 11.5 Å². The Hall–Kier alpha value is -3.88. The molecule has 160 valence electrons. The van der Waals surface area contributed by atoms with Gasteiger partial charge in [0.1, 0.15) is 12.2 Å². The number of carbonyl (C=O) groups excluding carboxylic acids is 2. The number of anilines is 1. The molecular weight excluding hydrogens is 398 g/mol. The van der Waals surface area contributed by atoms with Crippen molar-refractivity contribution in [3.8, 4) is 11.5 Å². The lowest BCUT2D eigenvalue weighted by atomic mass is 10.1. The largest absolute Gasteiger partial charge is 0.493 e. The number of fused-ring (bicyclic) bond motifs is 1. The molecule has 0 aliphatic carbocycles. The maximum Gasteiger partial charge on any atom is 0.274 e. The number of nitrogens with one attached hydrogen (secondary N) is 1. The average Bonchev–Trinajstić information content (AvgIpc) is 3.20. The van der Waals surface area contributed by atoms with Gasteiger partial charge in [-0.05, 0) is 24.6 Å². The van der Waals surface area contributed by atoms with Crippen LogP contribution in [0.3, 0.4) is 0 Å². The van der Waals surface area contributed by atoms with Gasteiger partial charge in [0.2, 0.25) is 5.91 Å². The molecule has 0 bridgehead atoms. The van der Waals surface area contributed by atoms with Crippen molar-refractivity contribution in [2.75, 3.05) is 25.6 Å². The molecule has 1 aliphatic rings. The number of methoxy groups -OCH3 is 1. The molecule has 2 amide bonds. The summed E-state index contributed by atoms with van der Waals surface area (Å²) in [6, 6.07) is 10.8. The van der Waals surface area contributed by atoms with Crippen LogP contribution in [-0.2, 0) is 17.9 Å². The molecule has 0 saturated heterocycles. The average molecular weight is 421 g/mol. The van der Waals surface area contributed by atoms with Gasteiger partial charge < -0.3 is 19.7 Å². The molecule has 0 saturated carbocycles. The van der Waals surface area contributed by atoms with Crippen LogP contribution in [0.4, 0.5) is 5.69 Å². The number of carbonyl (C=O) groups is 2. The smallest absolute Gasteiger partial charge is 0.274 e. The fraction of sp³-hybridized carbons (Fsp3) is 0.273. The predicted octanol–water partition coefficient (Wildman–Crippen LogP) is 2.35. The highest BCUT2D eigenvalue weighted by Crippen LogP contribution is 2.33. The number of nitrogens with zero attached hydrogens (tertiary/aromatic N) is 4. The molecule has 2 aromatic heterocycles. The standard InChI is InChI=1S/C22H23N5O4/c1-30-19-8-4-6-16-13-26(10-5-11-31-21(16)19)20(28)15-27-14-17(12-24-27)25-22(29)18-7-2-3-9-23-18/h2-4,6-9,12,14H,5,10-11,13,15H2,1H3,(H,25,29). The zero-order chi connectivity index (χ0) is 21.6. The molecule has 0 spiro atoms. The minimum absolute atomic E-state index is 0.0682. The van der Waals surface area contributed by atoms with E-state index in [1.165, 1.54) is 10.9 Å². The summed E-state index contributed by atoms with van der Waals surface area (Å²) in [5, 5.41) is 6.94. The van der Waals surface area contributed by atoms with E-state index in [0.717, 1.165) is 5.56 Å². The number of benzene rings is 1. The first-order valence-electron chi connectivity index (χ1n) is 9.95. The molecule has 9 nitrogen and oxygen atoms in total.